The Labute approximate surface area is 121 Å². The Morgan fingerprint density at radius 3 is 2.65 bits per heavy atom. The predicted molar refractivity (Wildman–Crippen MR) is 81.4 cm³/mol. The van der Waals surface area contributed by atoms with Crippen molar-refractivity contribution in [2.24, 2.45) is 0 Å². The minimum Gasteiger partial charge on any atom is -0.384 e. The van der Waals surface area contributed by atoms with Crippen molar-refractivity contribution < 1.29 is 8.42 Å². The molecule has 20 heavy (non-hydrogen) atoms. The number of anilines is 1. The largest absolute Gasteiger partial charge is 0.384 e. The molecule has 0 aliphatic heterocycles. The van der Waals surface area contributed by atoms with Crippen LogP contribution in [0.1, 0.15) is 26.2 Å². The molecular formula is C14H23N3O2S. The minimum atomic E-state index is -3.40. The highest BCUT2D eigenvalue weighted by atomic mass is 32.2. The Bertz CT molecular complexity index is 527. The lowest BCUT2D eigenvalue weighted by Gasteiger charge is -2.13. The van der Waals surface area contributed by atoms with E-state index in [9.17, 15) is 8.42 Å². The topological polar surface area (TPSA) is 70.2 Å². The van der Waals surface area contributed by atoms with Crippen LogP contribution in [0.4, 0.5) is 5.69 Å². The van der Waals surface area contributed by atoms with Crippen molar-refractivity contribution in [1.82, 2.24) is 10.0 Å². The quantitative estimate of drug-likeness (QED) is 0.605. The van der Waals surface area contributed by atoms with Crippen LogP contribution in [-0.4, -0.2) is 34.1 Å². The standard InChI is InChI=1S/C14H23N3O2S/c1-2-15-10-5-11-16-13-6-3-4-7-14(13)20(18,19)17-12-8-9-12/h3-4,6-7,12,15-17H,2,5,8-11H2,1H3. The second kappa shape index (κ2) is 7.06. The summed E-state index contributed by atoms with van der Waals surface area (Å²) in [6.07, 6.45) is 2.84. The van der Waals surface area contributed by atoms with Gasteiger partial charge in [0.2, 0.25) is 10.0 Å². The first kappa shape index (κ1) is 15.3. The Kier molecular flexibility index (Phi) is 5.39. The van der Waals surface area contributed by atoms with E-state index in [1.807, 2.05) is 12.1 Å². The summed E-state index contributed by atoms with van der Waals surface area (Å²) in [6.45, 7) is 4.71. The SMILES string of the molecule is CCNCCCNc1ccccc1S(=O)(=O)NC1CC1. The molecule has 1 fully saturated rings. The fourth-order valence-corrected chi connectivity index (χ4v) is 3.43. The van der Waals surface area contributed by atoms with Gasteiger partial charge in [-0.25, -0.2) is 13.1 Å². The molecule has 1 aliphatic rings. The molecule has 0 bridgehead atoms. The van der Waals surface area contributed by atoms with Crippen molar-refractivity contribution in [3.8, 4) is 0 Å². The first-order valence-electron chi connectivity index (χ1n) is 7.19. The summed E-state index contributed by atoms with van der Waals surface area (Å²) in [6, 6.07) is 7.20. The van der Waals surface area contributed by atoms with Gasteiger partial charge in [-0.15, -0.1) is 0 Å². The van der Waals surface area contributed by atoms with Crippen LogP contribution in [0.25, 0.3) is 0 Å². The maximum atomic E-state index is 12.3. The van der Waals surface area contributed by atoms with Crippen LogP contribution >= 0.6 is 0 Å². The molecule has 0 heterocycles. The van der Waals surface area contributed by atoms with Gasteiger partial charge in [0, 0.05) is 12.6 Å². The highest BCUT2D eigenvalue weighted by Gasteiger charge is 2.29. The molecule has 0 unspecified atom stereocenters. The zero-order valence-corrected chi connectivity index (χ0v) is 12.7. The first-order chi connectivity index (χ1) is 9.63. The van der Waals surface area contributed by atoms with E-state index in [0.717, 1.165) is 38.9 Å². The van der Waals surface area contributed by atoms with Gasteiger partial charge in [0.05, 0.1) is 5.69 Å². The third-order valence-electron chi connectivity index (χ3n) is 3.17. The average Bonchev–Trinajstić information content (AvgIpc) is 3.22. The fourth-order valence-electron chi connectivity index (χ4n) is 1.94. The molecule has 1 aromatic rings. The first-order valence-corrected chi connectivity index (χ1v) is 8.68. The zero-order valence-electron chi connectivity index (χ0n) is 11.9. The van der Waals surface area contributed by atoms with Crippen LogP contribution in [0.5, 0.6) is 0 Å². The highest BCUT2D eigenvalue weighted by Crippen LogP contribution is 2.25. The maximum Gasteiger partial charge on any atom is 0.242 e. The maximum absolute atomic E-state index is 12.3. The molecule has 1 aromatic carbocycles. The van der Waals surface area contributed by atoms with Crippen molar-refractivity contribution in [3.63, 3.8) is 0 Å². The van der Waals surface area contributed by atoms with Gasteiger partial charge in [0.15, 0.2) is 0 Å². The monoisotopic (exact) mass is 297 g/mol. The average molecular weight is 297 g/mol. The molecule has 112 valence electrons. The van der Waals surface area contributed by atoms with Crippen molar-refractivity contribution in [2.45, 2.75) is 37.1 Å². The summed E-state index contributed by atoms with van der Waals surface area (Å²) >= 11 is 0. The van der Waals surface area contributed by atoms with Crippen LogP contribution in [-0.2, 0) is 10.0 Å². The molecule has 1 aliphatic carbocycles. The molecule has 5 nitrogen and oxygen atoms in total. The summed E-state index contributed by atoms with van der Waals surface area (Å²) < 4.78 is 27.3. The molecule has 3 N–H and O–H groups in total. The second-order valence-corrected chi connectivity index (χ2v) is 6.71. The number of hydrogen-bond acceptors (Lipinski definition) is 4. The van der Waals surface area contributed by atoms with Gasteiger partial charge < -0.3 is 10.6 Å². The predicted octanol–water partition coefficient (Wildman–Crippen LogP) is 1.54. The lowest BCUT2D eigenvalue weighted by atomic mass is 10.3. The number of para-hydroxylation sites is 1. The Morgan fingerprint density at radius 1 is 1.20 bits per heavy atom. The number of benzene rings is 1. The summed E-state index contributed by atoms with van der Waals surface area (Å²) in [5.41, 5.74) is 0.678. The highest BCUT2D eigenvalue weighted by molar-refractivity contribution is 7.89. The summed E-state index contributed by atoms with van der Waals surface area (Å²) in [7, 11) is -3.40. The van der Waals surface area contributed by atoms with Crippen molar-refractivity contribution in [2.75, 3.05) is 25.0 Å². The minimum absolute atomic E-state index is 0.127. The normalized spacial score (nSPS) is 15.2. The summed E-state index contributed by atoms with van der Waals surface area (Å²) in [5.74, 6) is 0. The van der Waals surface area contributed by atoms with E-state index in [0.29, 0.717) is 10.6 Å². The summed E-state index contributed by atoms with van der Waals surface area (Å²) in [5, 5.41) is 6.46. The lowest BCUT2D eigenvalue weighted by Crippen LogP contribution is -2.26. The van der Waals surface area contributed by atoms with Gasteiger partial charge in [-0.3, -0.25) is 0 Å². The molecule has 1 saturated carbocycles. The Hall–Kier alpha value is -1.11. The van der Waals surface area contributed by atoms with E-state index >= 15 is 0 Å². The van der Waals surface area contributed by atoms with Crippen molar-refractivity contribution in [3.05, 3.63) is 24.3 Å². The van der Waals surface area contributed by atoms with Gasteiger partial charge in [-0.1, -0.05) is 19.1 Å². The molecule has 0 atom stereocenters. The van der Waals surface area contributed by atoms with E-state index in [1.165, 1.54) is 0 Å². The van der Waals surface area contributed by atoms with Crippen LogP contribution < -0.4 is 15.4 Å². The zero-order chi connectivity index (χ0) is 14.4. The van der Waals surface area contributed by atoms with Crippen LogP contribution in [0.2, 0.25) is 0 Å². The number of nitrogens with one attached hydrogen (secondary N) is 3. The van der Waals surface area contributed by atoms with E-state index in [1.54, 1.807) is 12.1 Å². The third-order valence-corrected chi connectivity index (χ3v) is 4.75. The van der Waals surface area contributed by atoms with E-state index in [-0.39, 0.29) is 6.04 Å². The van der Waals surface area contributed by atoms with Gasteiger partial charge >= 0.3 is 0 Å². The van der Waals surface area contributed by atoms with E-state index < -0.39 is 10.0 Å². The van der Waals surface area contributed by atoms with Crippen LogP contribution in [0.3, 0.4) is 0 Å². The molecule has 0 saturated heterocycles. The van der Waals surface area contributed by atoms with Gasteiger partial charge in [-0.2, -0.15) is 0 Å². The number of hydrogen-bond donors (Lipinski definition) is 3. The molecule has 6 heteroatoms. The molecule has 0 amide bonds. The van der Waals surface area contributed by atoms with Crippen LogP contribution in [0, 0.1) is 0 Å². The Morgan fingerprint density at radius 2 is 1.95 bits per heavy atom. The molecule has 0 aromatic heterocycles. The fraction of sp³-hybridized carbons (Fsp3) is 0.571. The second-order valence-electron chi connectivity index (χ2n) is 5.03. The van der Waals surface area contributed by atoms with Gasteiger partial charge in [0.25, 0.3) is 0 Å². The number of rotatable bonds is 9. The van der Waals surface area contributed by atoms with Gasteiger partial charge in [0.1, 0.15) is 4.90 Å². The Balaban J connectivity index is 1.98. The third kappa shape index (κ3) is 4.47. The van der Waals surface area contributed by atoms with Gasteiger partial charge in [-0.05, 0) is 44.5 Å². The van der Waals surface area contributed by atoms with Crippen LogP contribution in [0.15, 0.2) is 29.2 Å². The number of sulfonamides is 1. The molecule has 0 radical (unpaired) electrons. The smallest absolute Gasteiger partial charge is 0.242 e. The van der Waals surface area contributed by atoms with E-state index in [2.05, 4.69) is 22.3 Å². The van der Waals surface area contributed by atoms with E-state index in [4.69, 9.17) is 0 Å². The molecule has 0 spiro atoms. The van der Waals surface area contributed by atoms with Crippen molar-refractivity contribution in [1.29, 1.82) is 0 Å². The molecule has 2 rings (SSSR count). The molecular weight excluding hydrogens is 274 g/mol. The lowest BCUT2D eigenvalue weighted by molar-refractivity contribution is 0.581. The summed E-state index contributed by atoms with van der Waals surface area (Å²) in [4.78, 5) is 0.343. The van der Waals surface area contributed by atoms with Crippen molar-refractivity contribution >= 4 is 15.7 Å².